The molecule has 1 amide bonds. The third-order valence-corrected chi connectivity index (χ3v) is 6.47. The van der Waals surface area contributed by atoms with Crippen LogP contribution in [0.5, 0.6) is 0 Å². The fraction of sp³-hybridized carbons (Fsp3) is 0.565. The zero-order valence-corrected chi connectivity index (χ0v) is 18.5. The molecule has 0 bridgehead atoms. The molecule has 1 aromatic heterocycles. The van der Waals surface area contributed by atoms with Crippen molar-refractivity contribution in [1.82, 2.24) is 20.0 Å². The van der Waals surface area contributed by atoms with Crippen LogP contribution in [0.3, 0.4) is 0 Å². The molecule has 4 rings (SSSR count). The van der Waals surface area contributed by atoms with E-state index in [0.29, 0.717) is 17.9 Å². The second-order valence-corrected chi connectivity index (χ2v) is 9.04. The maximum atomic E-state index is 12.3. The molecule has 8 heteroatoms. The Bertz CT molecular complexity index is 925. The molecule has 5 N–H and O–H groups in total. The predicted molar refractivity (Wildman–Crippen MR) is 121 cm³/mol. The number of primary amides is 1. The van der Waals surface area contributed by atoms with Gasteiger partial charge < -0.3 is 26.4 Å². The predicted octanol–water partition coefficient (Wildman–Crippen LogP) is 1.15. The van der Waals surface area contributed by atoms with Gasteiger partial charge in [-0.3, -0.25) is 4.79 Å². The average Bonchev–Trinajstić information content (AvgIpc) is 3.32. The molecule has 3 atom stereocenters. The van der Waals surface area contributed by atoms with Crippen molar-refractivity contribution in [3.05, 3.63) is 46.6 Å². The average molecular weight is 427 g/mol. The van der Waals surface area contributed by atoms with Crippen molar-refractivity contribution in [3.8, 4) is 0 Å². The van der Waals surface area contributed by atoms with Gasteiger partial charge in [0.2, 0.25) is 0 Å². The number of benzene rings is 1. The summed E-state index contributed by atoms with van der Waals surface area (Å²) in [6.07, 6.45) is 3.85. The Morgan fingerprint density at radius 3 is 2.84 bits per heavy atom. The van der Waals surface area contributed by atoms with E-state index in [2.05, 4.69) is 34.5 Å². The Balaban J connectivity index is 1.46. The molecule has 0 spiro atoms. The van der Waals surface area contributed by atoms with Gasteiger partial charge in [-0.2, -0.15) is 5.10 Å². The van der Waals surface area contributed by atoms with E-state index >= 15 is 0 Å². The van der Waals surface area contributed by atoms with Crippen molar-refractivity contribution in [2.45, 2.75) is 50.3 Å². The molecule has 0 radical (unpaired) electrons. The minimum absolute atomic E-state index is 0.152. The van der Waals surface area contributed by atoms with Crippen molar-refractivity contribution in [3.63, 3.8) is 0 Å². The lowest BCUT2D eigenvalue weighted by Crippen LogP contribution is -2.28. The molecule has 168 valence electrons. The molecule has 1 aliphatic heterocycles. The highest BCUT2D eigenvalue weighted by molar-refractivity contribution is 5.98. The van der Waals surface area contributed by atoms with Crippen LogP contribution in [0.2, 0.25) is 0 Å². The summed E-state index contributed by atoms with van der Waals surface area (Å²) in [6.45, 7) is 3.04. The van der Waals surface area contributed by atoms with E-state index < -0.39 is 5.91 Å². The Labute approximate surface area is 183 Å². The lowest BCUT2D eigenvalue weighted by atomic mass is 9.81. The first-order valence-corrected chi connectivity index (χ1v) is 11.1. The zero-order chi connectivity index (χ0) is 22.0. The summed E-state index contributed by atoms with van der Waals surface area (Å²) < 4.78 is 7.73. The Hall–Kier alpha value is -2.42. The first kappa shape index (κ1) is 21.8. The number of fused-ring (bicyclic) bond motifs is 1. The third kappa shape index (κ3) is 4.92. The molecule has 31 heavy (non-hydrogen) atoms. The number of ether oxygens (including phenoxy) is 1. The highest BCUT2D eigenvalue weighted by Gasteiger charge is 2.31. The summed E-state index contributed by atoms with van der Waals surface area (Å²) >= 11 is 0. The van der Waals surface area contributed by atoms with Gasteiger partial charge in [0.05, 0.1) is 24.9 Å². The summed E-state index contributed by atoms with van der Waals surface area (Å²) in [5.41, 5.74) is 15.9. The second kappa shape index (κ2) is 9.38. The number of hydrogen-bond acceptors (Lipinski definition) is 6. The number of carbonyl (C=O) groups is 1. The van der Waals surface area contributed by atoms with Gasteiger partial charge in [-0.15, -0.1) is 0 Å². The van der Waals surface area contributed by atoms with Crippen LogP contribution in [0.25, 0.3) is 0 Å². The number of amides is 1. The highest BCUT2D eigenvalue weighted by Crippen LogP contribution is 2.35. The standard InChI is InChI=1S/C23H34N6O2/c1-28(2)9-10-31-19-12-18(26-13-19)14-29-22(24)20(23(25)30)21(27-29)17-8-7-15-5-3-4-6-16(15)11-17/h3-6,17-19,26H,7-14,24H2,1-2H3,(H2,25,30)/t17-,18+,19-/m1/s1. The molecule has 2 aliphatic rings. The van der Waals surface area contributed by atoms with Gasteiger partial charge in [0.25, 0.3) is 5.91 Å². The molecule has 2 heterocycles. The second-order valence-electron chi connectivity index (χ2n) is 9.04. The normalized spacial score (nSPS) is 23.3. The highest BCUT2D eigenvalue weighted by atomic mass is 16.5. The number of hydrogen-bond donors (Lipinski definition) is 3. The third-order valence-electron chi connectivity index (χ3n) is 6.47. The monoisotopic (exact) mass is 426 g/mol. The molecular formula is C23H34N6O2. The number of aromatic nitrogens is 2. The molecule has 0 unspecified atom stereocenters. The first-order valence-electron chi connectivity index (χ1n) is 11.1. The van der Waals surface area contributed by atoms with Gasteiger partial charge in [0.1, 0.15) is 11.4 Å². The maximum absolute atomic E-state index is 12.3. The van der Waals surface area contributed by atoms with E-state index in [9.17, 15) is 4.79 Å². The zero-order valence-electron chi connectivity index (χ0n) is 18.5. The van der Waals surface area contributed by atoms with Crippen LogP contribution < -0.4 is 16.8 Å². The molecule has 1 saturated heterocycles. The summed E-state index contributed by atoms with van der Waals surface area (Å²) in [5.74, 6) is 0.0293. The number of likely N-dealkylation sites (N-methyl/N-ethyl adjacent to an activating group) is 1. The van der Waals surface area contributed by atoms with Crippen LogP contribution >= 0.6 is 0 Å². The van der Waals surface area contributed by atoms with Gasteiger partial charge in [-0.05, 0) is 50.9 Å². The van der Waals surface area contributed by atoms with E-state index in [1.807, 2.05) is 14.1 Å². The van der Waals surface area contributed by atoms with Crippen molar-refractivity contribution in [1.29, 1.82) is 0 Å². The minimum Gasteiger partial charge on any atom is -0.383 e. The molecular weight excluding hydrogens is 392 g/mol. The number of nitrogen functional groups attached to an aromatic ring is 1. The number of nitrogens with one attached hydrogen (secondary N) is 1. The fourth-order valence-corrected chi connectivity index (χ4v) is 4.76. The SMILES string of the molecule is CN(C)CCO[C@H]1CN[C@H](Cn2nc([C@@H]3CCc4ccccc4C3)c(C(N)=O)c2N)C1. The smallest absolute Gasteiger partial charge is 0.254 e. The summed E-state index contributed by atoms with van der Waals surface area (Å²) in [4.78, 5) is 14.4. The number of anilines is 1. The van der Waals surface area contributed by atoms with Crippen molar-refractivity contribution in [2.24, 2.45) is 5.73 Å². The molecule has 1 aromatic carbocycles. The summed E-state index contributed by atoms with van der Waals surface area (Å²) in [7, 11) is 4.08. The Morgan fingerprint density at radius 2 is 2.10 bits per heavy atom. The van der Waals surface area contributed by atoms with E-state index in [1.54, 1.807) is 4.68 Å². The quantitative estimate of drug-likeness (QED) is 0.584. The van der Waals surface area contributed by atoms with E-state index in [4.69, 9.17) is 21.3 Å². The fourth-order valence-electron chi connectivity index (χ4n) is 4.76. The Morgan fingerprint density at radius 1 is 1.32 bits per heavy atom. The molecule has 1 aliphatic carbocycles. The summed E-state index contributed by atoms with van der Waals surface area (Å²) in [6, 6.07) is 8.67. The molecule has 2 aromatic rings. The van der Waals surface area contributed by atoms with E-state index in [1.165, 1.54) is 11.1 Å². The minimum atomic E-state index is -0.498. The van der Waals surface area contributed by atoms with Crippen LogP contribution in [0.4, 0.5) is 5.82 Å². The van der Waals surface area contributed by atoms with Crippen molar-refractivity contribution >= 4 is 11.7 Å². The largest absolute Gasteiger partial charge is 0.383 e. The first-order chi connectivity index (χ1) is 14.9. The van der Waals surface area contributed by atoms with Crippen molar-refractivity contribution < 1.29 is 9.53 Å². The molecule has 8 nitrogen and oxygen atoms in total. The number of aryl methyl sites for hydroxylation is 1. The lowest BCUT2D eigenvalue weighted by molar-refractivity contribution is 0.0551. The van der Waals surface area contributed by atoms with Gasteiger partial charge >= 0.3 is 0 Å². The Kier molecular flexibility index (Phi) is 6.60. The topological polar surface area (TPSA) is 111 Å². The van der Waals surface area contributed by atoms with E-state index in [-0.39, 0.29) is 18.1 Å². The maximum Gasteiger partial charge on any atom is 0.254 e. The van der Waals surface area contributed by atoms with Gasteiger partial charge in [-0.1, -0.05) is 24.3 Å². The molecule has 1 fully saturated rings. The van der Waals surface area contributed by atoms with Crippen LogP contribution in [-0.4, -0.2) is 66.5 Å². The van der Waals surface area contributed by atoms with Gasteiger partial charge in [-0.25, -0.2) is 4.68 Å². The van der Waals surface area contributed by atoms with Crippen LogP contribution in [0.1, 0.15) is 45.9 Å². The molecule has 0 saturated carbocycles. The van der Waals surface area contributed by atoms with Crippen LogP contribution in [0.15, 0.2) is 24.3 Å². The number of nitrogens with two attached hydrogens (primary N) is 2. The number of nitrogens with zero attached hydrogens (tertiary/aromatic N) is 3. The van der Waals surface area contributed by atoms with Crippen molar-refractivity contribution in [2.75, 3.05) is 39.5 Å². The van der Waals surface area contributed by atoms with Crippen LogP contribution in [0, 0.1) is 0 Å². The van der Waals surface area contributed by atoms with Gasteiger partial charge in [0.15, 0.2) is 0 Å². The number of carbonyl (C=O) groups excluding carboxylic acids is 1. The lowest BCUT2D eigenvalue weighted by Gasteiger charge is -2.23. The van der Waals surface area contributed by atoms with Gasteiger partial charge in [0, 0.05) is 25.0 Å². The van der Waals surface area contributed by atoms with Crippen LogP contribution in [-0.2, 0) is 24.1 Å². The number of rotatable bonds is 8. The summed E-state index contributed by atoms with van der Waals surface area (Å²) in [5, 5.41) is 8.30. The van der Waals surface area contributed by atoms with E-state index in [0.717, 1.165) is 51.1 Å².